The summed E-state index contributed by atoms with van der Waals surface area (Å²) in [6, 6.07) is 8.78. The molecule has 3 rings (SSSR count). The van der Waals surface area contributed by atoms with Crippen LogP contribution < -0.4 is 5.32 Å². The molecule has 2 heterocycles. The van der Waals surface area contributed by atoms with E-state index in [4.69, 9.17) is 4.74 Å². The van der Waals surface area contributed by atoms with E-state index in [1.54, 1.807) is 16.6 Å². The Kier molecular flexibility index (Phi) is 5.81. The Morgan fingerprint density at radius 1 is 1.24 bits per heavy atom. The van der Waals surface area contributed by atoms with E-state index in [9.17, 15) is 14.7 Å². The third-order valence-corrected chi connectivity index (χ3v) is 4.38. The van der Waals surface area contributed by atoms with Crippen molar-refractivity contribution in [3.8, 4) is 11.3 Å². The van der Waals surface area contributed by atoms with E-state index in [-0.39, 0.29) is 11.6 Å². The number of nitrogens with one attached hydrogen (secondary N) is 1. The van der Waals surface area contributed by atoms with Crippen molar-refractivity contribution in [2.24, 2.45) is 5.92 Å². The molecule has 1 aromatic carbocycles. The lowest BCUT2D eigenvalue weighted by molar-refractivity contribution is 0.0690. The molecule has 152 valence electrons. The van der Waals surface area contributed by atoms with Gasteiger partial charge in [0.1, 0.15) is 0 Å². The van der Waals surface area contributed by atoms with E-state index >= 15 is 0 Å². The number of hydrogen-bond donors (Lipinski definition) is 2. The maximum absolute atomic E-state index is 11.9. The van der Waals surface area contributed by atoms with Crippen molar-refractivity contribution in [3.63, 3.8) is 0 Å². The zero-order chi connectivity index (χ0) is 21.1. The van der Waals surface area contributed by atoms with E-state index in [2.05, 4.69) is 15.4 Å². The normalized spacial score (nSPS) is 11.1. The topological polar surface area (TPSA) is 106 Å². The van der Waals surface area contributed by atoms with E-state index in [1.165, 1.54) is 6.07 Å². The van der Waals surface area contributed by atoms with Crippen LogP contribution in [-0.4, -0.2) is 38.4 Å². The minimum Gasteiger partial charge on any atom is -0.477 e. The molecule has 1 amide bonds. The molecule has 29 heavy (non-hydrogen) atoms. The average Bonchev–Trinajstić information content (AvgIpc) is 3.09. The zero-order valence-electron chi connectivity index (χ0n) is 16.9. The van der Waals surface area contributed by atoms with Gasteiger partial charge in [-0.05, 0) is 43.0 Å². The van der Waals surface area contributed by atoms with Crippen molar-refractivity contribution in [2.75, 3.05) is 11.9 Å². The zero-order valence-corrected chi connectivity index (χ0v) is 16.9. The molecule has 0 aliphatic carbocycles. The Bertz CT molecular complexity index is 1070. The van der Waals surface area contributed by atoms with Gasteiger partial charge in [0.25, 0.3) is 0 Å². The first-order valence-corrected chi connectivity index (χ1v) is 9.46. The minimum absolute atomic E-state index is 0.00280. The highest BCUT2D eigenvalue weighted by molar-refractivity contribution is 5.87. The number of aryl methyl sites for hydroxylation is 2. The third-order valence-electron chi connectivity index (χ3n) is 4.38. The van der Waals surface area contributed by atoms with Gasteiger partial charge in [-0.25, -0.2) is 19.1 Å². The number of rotatable bonds is 6. The van der Waals surface area contributed by atoms with Gasteiger partial charge in [0.15, 0.2) is 11.3 Å². The van der Waals surface area contributed by atoms with E-state index < -0.39 is 12.1 Å². The number of anilines is 1. The summed E-state index contributed by atoms with van der Waals surface area (Å²) in [6.07, 6.45) is 0.136. The number of aromatic nitrogens is 3. The fourth-order valence-corrected chi connectivity index (χ4v) is 2.96. The average molecular weight is 396 g/mol. The molecule has 0 aliphatic heterocycles. The molecular formula is C21H24N4O4. The lowest BCUT2D eigenvalue weighted by Gasteiger charge is -2.10. The van der Waals surface area contributed by atoms with Crippen molar-refractivity contribution < 1.29 is 19.4 Å². The Hall–Kier alpha value is -3.42. The maximum atomic E-state index is 11.9. The number of carbonyl (C=O) groups excluding carboxylic acids is 1. The van der Waals surface area contributed by atoms with Gasteiger partial charge < -0.3 is 9.84 Å². The first-order valence-electron chi connectivity index (χ1n) is 9.46. The number of carboxylic acids is 1. The number of carbonyl (C=O) groups is 2. The number of nitrogens with zero attached hydrogens (tertiary/aromatic N) is 3. The summed E-state index contributed by atoms with van der Waals surface area (Å²) < 4.78 is 6.80. The van der Waals surface area contributed by atoms with Gasteiger partial charge in [0.05, 0.1) is 12.3 Å². The highest BCUT2D eigenvalue weighted by Gasteiger charge is 2.15. The van der Waals surface area contributed by atoms with Crippen molar-refractivity contribution in [2.45, 2.75) is 34.1 Å². The summed E-state index contributed by atoms with van der Waals surface area (Å²) in [5.41, 5.74) is 4.34. The second kappa shape index (κ2) is 8.30. The lowest BCUT2D eigenvalue weighted by atomic mass is 10.1. The molecule has 0 aliphatic rings. The fourth-order valence-electron chi connectivity index (χ4n) is 2.96. The van der Waals surface area contributed by atoms with Crippen LogP contribution in [0, 0.1) is 12.8 Å². The number of ether oxygens (including phenoxy) is 1. The van der Waals surface area contributed by atoms with Crippen molar-refractivity contribution in [1.82, 2.24) is 14.6 Å². The number of hydrogen-bond acceptors (Lipinski definition) is 5. The predicted octanol–water partition coefficient (Wildman–Crippen LogP) is 4.17. The molecular weight excluding hydrogens is 372 g/mol. The van der Waals surface area contributed by atoms with Gasteiger partial charge in [0, 0.05) is 23.0 Å². The summed E-state index contributed by atoms with van der Waals surface area (Å²) in [6.45, 7) is 8.15. The first-order chi connectivity index (χ1) is 13.8. The second-order valence-electron chi connectivity index (χ2n) is 7.24. The van der Waals surface area contributed by atoms with E-state index in [1.807, 2.05) is 39.8 Å². The van der Waals surface area contributed by atoms with Crippen LogP contribution in [0.4, 0.5) is 10.5 Å². The molecule has 0 radical (unpaired) electrons. The Labute approximate surface area is 168 Å². The van der Waals surface area contributed by atoms with Crippen LogP contribution in [0.5, 0.6) is 0 Å². The monoisotopic (exact) mass is 396 g/mol. The van der Waals surface area contributed by atoms with Crippen LogP contribution in [0.3, 0.4) is 0 Å². The molecule has 3 aromatic rings. The van der Waals surface area contributed by atoms with Crippen LogP contribution >= 0.6 is 0 Å². The second-order valence-corrected chi connectivity index (χ2v) is 7.24. The molecule has 2 aromatic heterocycles. The molecule has 2 N–H and O–H groups in total. The fraction of sp³-hybridized carbons (Fsp3) is 0.333. The van der Waals surface area contributed by atoms with Crippen LogP contribution in [-0.2, 0) is 11.2 Å². The number of aromatic carboxylic acids is 1. The standard InChI is InChI=1S/C21H24N4O4/c1-5-15-9-18(20(26)27)23-19-10-17(24-25(15)19)16-7-6-14(8-13(16)4)22-21(28)29-11-12(2)3/h6-10,12H,5,11H2,1-4H3,(H,22,28)(H,26,27). The number of amides is 1. The smallest absolute Gasteiger partial charge is 0.411 e. The molecule has 0 bridgehead atoms. The van der Waals surface area contributed by atoms with Gasteiger partial charge in [-0.1, -0.05) is 26.8 Å². The van der Waals surface area contributed by atoms with E-state index in [0.29, 0.717) is 30.1 Å². The van der Waals surface area contributed by atoms with Gasteiger partial charge >= 0.3 is 12.1 Å². The minimum atomic E-state index is -1.07. The van der Waals surface area contributed by atoms with Crippen molar-refractivity contribution in [3.05, 3.63) is 47.3 Å². The Balaban J connectivity index is 1.89. The molecule has 8 nitrogen and oxygen atoms in total. The summed E-state index contributed by atoms with van der Waals surface area (Å²) in [7, 11) is 0. The van der Waals surface area contributed by atoms with Gasteiger partial charge in [-0.2, -0.15) is 5.10 Å². The lowest BCUT2D eigenvalue weighted by Crippen LogP contribution is -2.16. The summed E-state index contributed by atoms with van der Waals surface area (Å²) in [5.74, 6) is -0.802. The van der Waals surface area contributed by atoms with Crippen LogP contribution in [0.1, 0.15) is 42.5 Å². The third kappa shape index (κ3) is 4.53. The van der Waals surface area contributed by atoms with Crippen LogP contribution in [0.15, 0.2) is 30.3 Å². The van der Waals surface area contributed by atoms with Gasteiger partial charge in [-0.3, -0.25) is 5.32 Å². The maximum Gasteiger partial charge on any atom is 0.411 e. The number of carboxylic acid groups (broad SMARTS) is 1. The first kappa shape index (κ1) is 20.3. The largest absolute Gasteiger partial charge is 0.477 e. The summed E-state index contributed by atoms with van der Waals surface area (Å²) >= 11 is 0. The molecule has 0 unspecified atom stereocenters. The summed E-state index contributed by atoms with van der Waals surface area (Å²) in [5, 5.41) is 16.6. The number of benzene rings is 1. The SMILES string of the molecule is CCc1cc(C(=O)O)nc2cc(-c3ccc(NC(=O)OCC(C)C)cc3C)nn12. The van der Waals surface area contributed by atoms with Crippen molar-refractivity contribution >= 4 is 23.4 Å². The highest BCUT2D eigenvalue weighted by Crippen LogP contribution is 2.26. The molecule has 0 fully saturated rings. The van der Waals surface area contributed by atoms with Gasteiger partial charge in [-0.15, -0.1) is 0 Å². The highest BCUT2D eigenvalue weighted by atomic mass is 16.5. The molecule has 0 saturated carbocycles. The molecule has 0 atom stereocenters. The van der Waals surface area contributed by atoms with E-state index in [0.717, 1.165) is 16.8 Å². The Morgan fingerprint density at radius 3 is 2.62 bits per heavy atom. The van der Waals surface area contributed by atoms with Crippen molar-refractivity contribution in [1.29, 1.82) is 0 Å². The molecule has 0 saturated heterocycles. The summed E-state index contributed by atoms with van der Waals surface area (Å²) in [4.78, 5) is 27.3. The predicted molar refractivity (Wildman–Crippen MR) is 109 cm³/mol. The quantitative estimate of drug-likeness (QED) is 0.648. The molecule has 0 spiro atoms. The Morgan fingerprint density at radius 2 is 2.00 bits per heavy atom. The van der Waals surface area contributed by atoms with Crippen LogP contribution in [0.25, 0.3) is 16.9 Å². The van der Waals surface area contributed by atoms with Crippen LogP contribution in [0.2, 0.25) is 0 Å². The molecule has 8 heteroatoms. The number of fused-ring (bicyclic) bond motifs is 1. The van der Waals surface area contributed by atoms with Gasteiger partial charge in [0.2, 0.25) is 0 Å².